The molecule has 6 nitrogen and oxygen atoms in total. The van der Waals surface area contributed by atoms with Crippen molar-refractivity contribution in [2.24, 2.45) is 10.9 Å². The molecule has 176 valence electrons. The number of carbonyl (C=O) groups excluding carboxylic acids is 1. The van der Waals surface area contributed by atoms with E-state index < -0.39 is 12.8 Å². The Labute approximate surface area is 199 Å². The lowest BCUT2D eigenvalue weighted by molar-refractivity contribution is -0.176. The molecule has 0 spiro atoms. The molecule has 1 saturated heterocycles. The third-order valence-corrected chi connectivity index (χ3v) is 4.85. The largest absolute Gasteiger partial charge is 0.411 e. The van der Waals surface area contributed by atoms with Gasteiger partial charge in [-0.3, -0.25) is 9.79 Å². The van der Waals surface area contributed by atoms with Gasteiger partial charge < -0.3 is 20.3 Å². The third kappa shape index (κ3) is 10.1. The van der Waals surface area contributed by atoms with Gasteiger partial charge in [0.1, 0.15) is 6.61 Å². The summed E-state index contributed by atoms with van der Waals surface area (Å²) in [6, 6.07) is 7.46. The second-order valence-electron chi connectivity index (χ2n) is 7.75. The SMILES string of the molecule is CN=C(NCc1cccc(COCC(F)(F)F)c1)NC1CCN(C(=O)C(C)C)CC1.I. The number of carbonyl (C=O) groups is 1. The van der Waals surface area contributed by atoms with E-state index in [0.717, 1.165) is 31.5 Å². The molecule has 1 aromatic carbocycles. The minimum atomic E-state index is -4.32. The van der Waals surface area contributed by atoms with E-state index in [1.165, 1.54) is 0 Å². The number of likely N-dealkylation sites (tertiary alicyclic amines) is 1. The fraction of sp³-hybridized carbons (Fsp3) is 0.619. The van der Waals surface area contributed by atoms with Crippen molar-refractivity contribution >= 4 is 35.8 Å². The molecule has 0 unspecified atom stereocenters. The summed E-state index contributed by atoms with van der Waals surface area (Å²) in [6.07, 6.45) is -2.62. The molecule has 1 amide bonds. The van der Waals surface area contributed by atoms with Gasteiger partial charge in [0.2, 0.25) is 5.91 Å². The van der Waals surface area contributed by atoms with Crippen molar-refractivity contribution in [3.63, 3.8) is 0 Å². The highest BCUT2D eigenvalue weighted by Crippen LogP contribution is 2.16. The van der Waals surface area contributed by atoms with Gasteiger partial charge in [-0.15, -0.1) is 24.0 Å². The summed E-state index contributed by atoms with van der Waals surface area (Å²) in [6.45, 7) is 4.42. The highest BCUT2D eigenvalue weighted by atomic mass is 127. The lowest BCUT2D eigenvalue weighted by Crippen LogP contribution is -2.50. The number of benzene rings is 1. The first-order valence-electron chi connectivity index (χ1n) is 10.2. The molecule has 1 fully saturated rings. The first-order chi connectivity index (χ1) is 14.2. The van der Waals surface area contributed by atoms with Crippen LogP contribution in [-0.2, 0) is 22.7 Å². The summed E-state index contributed by atoms with van der Waals surface area (Å²) >= 11 is 0. The quantitative estimate of drug-likeness (QED) is 0.306. The van der Waals surface area contributed by atoms with Crippen LogP contribution >= 0.6 is 24.0 Å². The molecule has 0 radical (unpaired) electrons. The van der Waals surface area contributed by atoms with Gasteiger partial charge in [0.25, 0.3) is 0 Å². The Hall–Kier alpha value is -1.56. The molecule has 0 aliphatic carbocycles. The van der Waals surface area contributed by atoms with E-state index in [0.29, 0.717) is 18.1 Å². The Morgan fingerprint density at radius 2 is 1.90 bits per heavy atom. The monoisotopic (exact) mass is 556 g/mol. The van der Waals surface area contributed by atoms with Crippen LogP contribution in [0.3, 0.4) is 0 Å². The lowest BCUT2D eigenvalue weighted by Gasteiger charge is -2.34. The van der Waals surface area contributed by atoms with Gasteiger partial charge in [0, 0.05) is 38.6 Å². The summed E-state index contributed by atoms with van der Waals surface area (Å²) in [7, 11) is 1.69. The van der Waals surface area contributed by atoms with Crippen LogP contribution in [0.5, 0.6) is 0 Å². The van der Waals surface area contributed by atoms with Crippen molar-refractivity contribution in [3.8, 4) is 0 Å². The van der Waals surface area contributed by atoms with Gasteiger partial charge in [-0.1, -0.05) is 38.1 Å². The maximum absolute atomic E-state index is 12.2. The Bertz CT molecular complexity index is 721. The van der Waals surface area contributed by atoms with E-state index in [1.54, 1.807) is 19.2 Å². The highest BCUT2D eigenvalue weighted by Gasteiger charge is 2.27. The maximum Gasteiger partial charge on any atom is 0.411 e. The Morgan fingerprint density at radius 3 is 2.48 bits per heavy atom. The normalized spacial score (nSPS) is 15.6. The highest BCUT2D eigenvalue weighted by molar-refractivity contribution is 14.0. The lowest BCUT2D eigenvalue weighted by atomic mass is 10.0. The summed E-state index contributed by atoms with van der Waals surface area (Å²) < 4.78 is 41.3. The van der Waals surface area contributed by atoms with Crippen LogP contribution in [0.4, 0.5) is 13.2 Å². The zero-order valence-corrected chi connectivity index (χ0v) is 20.5. The number of rotatable bonds is 7. The van der Waals surface area contributed by atoms with Crippen LogP contribution in [0.15, 0.2) is 29.3 Å². The Kier molecular flexibility index (Phi) is 11.6. The molecule has 0 saturated carbocycles. The minimum Gasteiger partial charge on any atom is -0.367 e. The predicted molar refractivity (Wildman–Crippen MR) is 125 cm³/mol. The fourth-order valence-corrected chi connectivity index (χ4v) is 3.30. The van der Waals surface area contributed by atoms with Crippen LogP contribution in [0.25, 0.3) is 0 Å². The minimum absolute atomic E-state index is 0. The van der Waals surface area contributed by atoms with E-state index >= 15 is 0 Å². The molecule has 0 aromatic heterocycles. The van der Waals surface area contributed by atoms with Gasteiger partial charge >= 0.3 is 6.18 Å². The van der Waals surface area contributed by atoms with Crippen LogP contribution in [-0.4, -0.2) is 55.7 Å². The van der Waals surface area contributed by atoms with Crippen molar-refractivity contribution in [3.05, 3.63) is 35.4 Å². The first kappa shape index (κ1) is 27.5. The van der Waals surface area contributed by atoms with Crippen molar-refractivity contribution in [1.29, 1.82) is 0 Å². The third-order valence-electron chi connectivity index (χ3n) is 4.85. The smallest absolute Gasteiger partial charge is 0.367 e. The molecule has 10 heteroatoms. The van der Waals surface area contributed by atoms with Gasteiger partial charge in [-0.2, -0.15) is 13.2 Å². The molecule has 0 atom stereocenters. The van der Waals surface area contributed by atoms with Crippen molar-refractivity contribution < 1.29 is 22.7 Å². The Balaban J connectivity index is 0.00000480. The number of amides is 1. The van der Waals surface area contributed by atoms with Crippen molar-refractivity contribution in [2.45, 2.75) is 52.1 Å². The van der Waals surface area contributed by atoms with Gasteiger partial charge in [-0.05, 0) is 24.0 Å². The number of ether oxygens (including phenoxy) is 1. The topological polar surface area (TPSA) is 66.0 Å². The first-order valence-corrected chi connectivity index (χ1v) is 10.2. The number of nitrogens with zero attached hydrogens (tertiary/aromatic N) is 2. The zero-order chi connectivity index (χ0) is 22.1. The molecule has 31 heavy (non-hydrogen) atoms. The summed E-state index contributed by atoms with van der Waals surface area (Å²) in [4.78, 5) is 18.2. The second-order valence-corrected chi connectivity index (χ2v) is 7.75. The Morgan fingerprint density at radius 1 is 1.26 bits per heavy atom. The number of alkyl halides is 3. The number of guanidine groups is 1. The van der Waals surface area contributed by atoms with Crippen LogP contribution in [0.2, 0.25) is 0 Å². The van der Waals surface area contributed by atoms with E-state index in [4.69, 9.17) is 4.74 Å². The fourth-order valence-electron chi connectivity index (χ4n) is 3.30. The standard InChI is InChI=1S/C21H31F3N4O2.HI/c1-15(2)19(29)28-9-7-18(8-10-28)27-20(25-3)26-12-16-5-4-6-17(11-16)13-30-14-21(22,23)24;/h4-6,11,15,18H,7-10,12-14H2,1-3H3,(H2,25,26,27);1H. The van der Waals surface area contributed by atoms with E-state index in [2.05, 4.69) is 15.6 Å². The average molecular weight is 556 g/mol. The van der Waals surface area contributed by atoms with Crippen LogP contribution < -0.4 is 10.6 Å². The maximum atomic E-state index is 12.2. The zero-order valence-electron chi connectivity index (χ0n) is 18.2. The molecule has 1 heterocycles. The van der Waals surface area contributed by atoms with E-state index in [1.807, 2.05) is 30.9 Å². The molecule has 1 aliphatic heterocycles. The van der Waals surface area contributed by atoms with Gasteiger partial charge in [0.05, 0.1) is 6.61 Å². The van der Waals surface area contributed by atoms with E-state index in [-0.39, 0.29) is 48.5 Å². The molecular formula is C21H32F3IN4O2. The number of halogens is 4. The average Bonchev–Trinajstić information content (AvgIpc) is 2.70. The summed E-state index contributed by atoms with van der Waals surface area (Å²) in [5, 5.41) is 6.61. The van der Waals surface area contributed by atoms with E-state index in [9.17, 15) is 18.0 Å². The number of aliphatic imine (C=N–C) groups is 1. The molecule has 2 N–H and O–H groups in total. The van der Waals surface area contributed by atoms with Crippen molar-refractivity contribution in [1.82, 2.24) is 15.5 Å². The van der Waals surface area contributed by atoms with Gasteiger partial charge in [0.15, 0.2) is 5.96 Å². The summed E-state index contributed by atoms with van der Waals surface area (Å²) in [5.41, 5.74) is 1.60. The number of hydrogen-bond acceptors (Lipinski definition) is 3. The predicted octanol–water partition coefficient (Wildman–Crippen LogP) is 3.70. The number of nitrogens with one attached hydrogen (secondary N) is 2. The molecular weight excluding hydrogens is 524 g/mol. The molecule has 0 bridgehead atoms. The number of piperidine rings is 1. The van der Waals surface area contributed by atoms with Crippen LogP contribution in [0.1, 0.15) is 37.8 Å². The molecule has 1 aliphatic rings. The summed E-state index contributed by atoms with van der Waals surface area (Å²) in [5.74, 6) is 0.857. The van der Waals surface area contributed by atoms with Crippen molar-refractivity contribution in [2.75, 3.05) is 26.7 Å². The molecule has 1 aromatic rings. The number of hydrogen-bond donors (Lipinski definition) is 2. The van der Waals surface area contributed by atoms with Crippen LogP contribution in [0, 0.1) is 5.92 Å². The second kappa shape index (κ2) is 13.1. The van der Waals surface area contributed by atoms with Gasteiger partial charge in [-0.25, -0.2) is 0 Å². The molecule has 2 rings (SSSR count).